The maximum atomic E-state index is 11.4. The summed E-state index contributed by atoms with van der Waals surface area (Å²) in [6, 6.07) is 0. The summed E-state index contributed by atoms with van der Waals surface area (Å²) < 4.78 is 10.5. The molecule has 0 saturated heterocycles. The van der Waals surface area contributed by atoms with Gasteiger partial charge in [0.25, 0.3) is 0 Å². The minimum absolute atomic E-state index is 0.328. The Hall–Kier alpha value is -1.14. The van der Waals surface area contributed by atoms with Crippen LogP contribution in [-0.4, -0.2) is 37.3 Å². The fourth-order valence-electron chi connectivity index (χ4n) is 2.19. The topological polar surface area (TPSA) is 60.5 Å². The van der Waals surface area contributed by atoms with Crippen LogP contribution in [0.2, 0.25) is 0 Å². The highest BCUT2D eigenvalue weighted by atomic mass is 32.1. The number of rotatable bonds is 6. The molecular weight excluding hydrogens is 264 g/mol. The highest BCUT2D eigenvalue weighted by molar-refractivity contribution is 7.17. The van der Waals surface area contributed by atoms with E-state index in [4.69, 9.17) is 9.47 Å². The number of carbonyl (C=O) groups excluding carboxylic acids is 1. The van der Waals surface area contributed by atoms with Gasteiger partial charge >= 0.3 is 5.97 Å². The minimum Gasteiger partial charge on any atom is -0.465 e. The van der Waals surface area contributed by atoms with Crippen LogP contribution in [0.4, 0.5) is 5.13 Å². The molecule has 0 aromatic carbocycles. The third-order valence-electron chi connectivity index (χ3n) is 3.20. The van der Waals surface area contributed by atoms with Gasteiger partial charge in [-0.25, -0.2) is 9.78 Å². The first-order valence-corrected chi connectivity index (χ1v) is 7.43. The number of nitrogens with zero attached hydrogens (tertiary/aromatic N) is 1. The van der Waals surface area contributed by atoms with Crippen LogP contribution in [0, 0.1) is 6.92 Å². The molecule has 1 aliphatic rings. The molecule has 1 aromatic rings. The van der Waals surface area contributed by atoms with Crippen molar-refractivity contribution in [2.75, 3.05) is 25.6 Å². The Morgan fingerprint density at radius 3 is 2.89 bits per heavy atom. The lowest BCUT2D eigenvalue weighted by Crippen LogP contribution is -2.15. The molecule has 5 nitrogen and oxygen atoms in total. The van der Waals surface area contributed by atoms with E-state index in [-0.39, 0.29) is 5.97 Å². The molecule has 1 fully saturated rings. The van der Waals surface area contributed by atoms with Gasteiger partial charge in [0.1, 0.15) is 4.88 Å². The average molecular weight is 284 g/mol. The van der Waals surface area contributed by atoms with Gasteiger partial charge < -0.3 is 14.8 Å². The average Bonchev–Trinajstić information content (AvgIpc) is 3.03. The summed E-state index contributed by atoms with van der Waals surface area (Å²) >= 11 is 1.32. The number of esters is 1. The second-order valence-electron chi connectivity index (χ2n) is 4.63. The molecular formula is C13H20N2O3S. The molecule has 0 radical (unpaired) electrons. The van der Waals surface area contributed by atoms with Crippen LogP contribution in [-0.2, 0) is 9.47 Å². The van der Waals surface area contributed by atoms with Crippen LogP contribution in [0.15, 0.2) is 0 Å². The van der Waals surface area contributed by atoms with Crippen molar-refractivity contribution in [1.82, 2.24) is 4.98 Å². The fraction of sp³-hybridized carbons (Fsp3) is 0.692. The van der Waals surface area contributed by atoms with Gasteiger partial charge in [0.05, 0.1) is 25.5 Å². The lowest BCUT2D eigenvalue weighted by Gasteiger charge is -2.10. The molecule has 1 saturated carbocycles. The maximum absolute atomic E-state index is 11.4. The Kier molecular flexibility index (Phi) is 5.15. The summed E-state index contributed by atoms with van der Waals surface area (Å²) in [5, 5.41) is 3.93. The van der Waals surface area contributed by atoms with Gasteiger partial charge in [-0.1, -0.05) is 24.2 Å². The molecule has 1 aromatic heterocycles. The quantitative estimate of drug-likeness (QED) is 0.642. The van der Waals surface area contributed by atoms with Gasteiger partial charge in [-0.3, -0.25) is 0 Å². The number of carbonyl (C=O) groups is 1. The molecule has 0 unspecified atom stereocenters. The molecule has 0 bridgehead atoms. The first-order chi connectivity index (χ1) is 9.20. The smallest absolute Gasteiger partial charge is 0.350 e. The highest BCUT2D eigenvalue weighted by Gasteiger charge is 2.16. The van der Waals surface area contributed by atoms with Crippen LogP contribution in [0.25, 0.3) is 0 Å². The zero-order valence-corrected chi connectivity index (χ0v) is 12.2. The second-order valence-corrected chi connectivity index (χ2v) is 5.63. The Morgan fingerprint density at radius 1 is 1.47 bits per heavy atom. The Bertz CT molecular complexity index is 428. The molecule has 2 rings (SSSR count). The molecule has 1 aliphatic carbocycles. The normalized spacial score (nSPS) is 15.7. The Balaban J connectivity index is 1.75. The number of ether oxygens (including phenoxy) is 2. The predicted molar refractivity (Wildman–Crippen MR) is 74.9 cm³/mol. The second kappa shape index (κ2) is 6.86. The van der Waals surface area contributed by atoms with Crippen LogP contribution < -0.4 is 5.32 Å². The van der Waals surface area contributed by atoms with Gasteiger partial charge in [0, 0.05) is 6.54 Å². The van der Waals surface area contributed by atoms with Crippen LogP contribution in [0.5, 0.6) is 0 Å². The van der Waals surface area contributed by atoms with Crippen LogP contribution in [0.1, 0.15) is 41.0 Å². The van der Waals surface area contributed by atoms with Crippen LogP contribution >= 0.6 is 11.3 Å². The van der Waals surface area contributed by atoms with Gasteiger partial charge in [-0.05, 0) is 19.8 Å². The molecule has 19 heavy (non-hydrogen) atoms. The minimum atomic E-state index is -0.328. The molecule has 106 valence electrons. The number of nitrogens with one attached hydrogen (secondary N) is 1. The monoisotopic (exact) mass is 284 g/mol. The van der Waals surface area contributed by atoms with E-state index >= 15 is 0 Å². The van der Waals surface area contributed by atoms with E-state index in [0.29, 0.717) is 29.8 Å². The summed E-state index contributed by atoms with van der Waals surface area (Å²) in [5.41, 5.74) is 0.705. The van der Waals surface area contributed by atoms with E-state index in [1.165, 1.54) is 44.1 Å². The first-order valence-electron chi connectivity index (χ1n) is 6.62. The summed E-state index contributed by atoms with van der Waals surface area (Å²) in [5.74, 6) is -0.328. The number of methoxy groups -OCH3 is 1. The molecule has 0 aliphatic heterocycles. The molecule has 0 amide bonds. The number of hydrogen-bond acceptors (Lipinski definition) is 6. The largest absolute Gasteiger partial charge is 0.465 e. The number of aromatic nitrogens is 1. The Labute approximate surface area is 117 Å². The van der Waals surface area contributed by atoms with Crippen molar-refractivity contribution in [3.05, 3.63) is 10.6 Å². The van der Waals surface area contributed by atoms with Crippen molar-refractivity contribution in [2.24, 2.45) is 0 Å². The van der Waals surface area contributed by atoms with E-state index in [2.05, 4.69) is 10.3 Å². The summed E-state index contributed by atoms with van der Waals surface area (Å²) in [6.45, 7) is 3.20. The highest BCUT2D eigenvalue weighted by Crippen LogP contribution is 2.23. The third kappa shape index (κ3) is 3.91. The van der Waals surface area contributed by atoms with Crippen LogP contribution in [0.3, 0.4) is 0 Å². The standard InChI is InChI=1S/C13H20N2O3S/c1-9-11(12(16)17-2)19-13(15-9)14-7-8-18-10-5-3-4-6-10/h10H,3-8H2,1-2H3,(H,14,15). The van der Waals surface area contributed by atoms with Crippen molar-refractivity contribution < 1.29 is 14.3 Å². The molecule has 1 heterocycles. The lowest BCUT2D eigenvalue weighted by molar-refractivity contribution is 0.0605. The SMILES string of the molecule is COC(=O)c1sc(NCCOC2CCCC2)nc1C. The van der Waals surface area contributed by atoms with Gasteiger partial charge in [-0.15, -0.1) is 0 Å². The molecule has 0 atom stereocenters. The van der Waals surface area contributed by atoms with E-state index in [9.17, 15) is 4.79 Å². The number of thiazole rings is 1. The molecule has 1 N–H and O–H groups in total. The number of anilines is 1. The predicted octanol–water partition coefficient (Wildman–Crippen LogP) is 2.61. The fourth-order valence-corrected chi connectivity index (χ4v) is 3.10. The van der Waals surface area contributed by atoms with Crippen molar-refractivity contribution in [3.8, 4) is 0 Å². The summed E-state index contributed by atoms with van der Waals surface area (Å²) in [6.07, 6.45) is 5.37. The maximum Gasteiger partial charge on any atom is 0.350 e. The molecule has 0 spiro atoms. The van der Waals surface area contributed by atoms with Crippen molar-refractivity contribution in [3.63, 3.8) is 0 Å². The van der Waals surface area contributed by atoms with Crippen molar-refractivity contribution in [2.45, 2.75) is 38.7 Å². The van der Waals surface area contributed by atoms with Crippen molar-refractivity contribution >= 4 is 22.4 Å². The zero-order valence-electron chi connectivity index (χ0n) is 11.4. The van der Waals surface area contributed by atoms with Gasteiger partial charge in [0.15, 0.2) is 5.13 Å². The van der Waals surface area contributed by atoms with E-state index < -0.39 is 0 Å². The number of hydrogen-bond donors (Lipinski definition) is 1. The van der Waals surface area contributed by atoms with E-state index in [1.807, 2.05) is 6.92 Å². The van der Waals surface area contributed by atoms with E-state index in [1.54, 1.807) is 0 Å². The number of aryl methyl sites for hydroxylation is 1. The third-order valence-corrected chi connectivity index (χ3v) is 4.30. The van der Waals surface area contributed by atoms with Gasteiger partial charge in [0.2, 0.25) is 0 Å². The molecule has 6 heteroatoms. The Morgan fingerprint density at radius 2 is 2.21 bits per heavy atom. The van der Waals surface area contributed by atoms with E-state index in [0.717, 1.165) is 5.13 Å². The zero-order chi connectivity index (χ0) is 13.7. The first kappa shape index (κ1) is 14.3. The lowest BCUT2D eigenvalue weighted by atomic mass is 10.3. The van der Waals surface area contributed by atoms with Crippen molar-refractivity contribution in [1.29, 1.82) is 0 Å². The summed E-state index contributed by atoms with van der Waals surface area (Å²) in [4.78, 5) is 16.3. The summed E-state index contributed by atoms with van der Waals surface area (Å²) in [7, 11) is 1.38. The van der Waals surface area contributed by atoms with Gasteiger partial charge in [-0.2, -0.15) is 0 Å².